The van der Waals surface area contributed by atoms with Gasteiger partial charge in [-0.1, -0.05) is 56.3 Å². The van der Waals surface area contributed by atoms with Crippen molar-refractivity contribution in [1.29, 1.82) is 0 Å². The zero-order valence-corrected chi connectivity index (χ0v) is 18.3. The van der Waals surface area contributed by atoms with E-state index in [0.29, 0.717) is 6.54 Å². The van der Waals surface area contributed by atoms with Gasteiger partial charge in [0.05, 0.1) is 19.3 Å². The molecule has 1 saturated heterocycles. The summed E-state index contributed by atoms with van der Waals surface area (Å²) in [5.74, 6) is -0.0856. The quantitative estimate of drug-likeness (QED) is 0.608. The van der Waals surface area contributed by atoms with Crippen LogP contribution in [-0.4, -0.2) is 49.7 Å². The van der Waals surface area contributed by atoms with Crippen molar-refractivity contribution in [3.05, 3.63) is 65.7 Å². The van der Waals surface area contributed by atoms with Gasteiger partial charge in [0.1, 0.15) is 0 Å². The number of hydrogen-bond acceptors (Lipinski definition) is 4. The Labute approximate surface area is 184 Å². The molecule has 1 unspecified atom stereocenters. The smallest absolute Gasteiger partial charge is 0.315 e. The summed E-state index contributed by atoms with van der Waals surface area (Å²) in [7, 11) is 0. The minimum Gasteiger partial charge on any atom is -0.379 e. The lowest BCUT2D eigenvalue weighted by atomic mass is 10.1. The van der Waals surface area contributed by atoms with E-state index in [1.54, 1.807) is 0 Å². The van der Waals surface area contributed by atoms with Crippen LogP contribution in [0.25, 0.3) is 0 Å². The maximum atomic E-state index is 12.6. The van der Waals surface area contributed by atoms with Gasteiger partial charge in [0.2, 0.25) is 5.91 Å². The molecule has 166 valence electrons. The first kappa shape index (κ1) is 22.8. The van der Waals surface area contributed by atoms with E-state index >= 15 is 0 Å². The predicted molar refractivity (Wildman–Crippen MR) is 122 cm³/mol. The fourth-order valence-electron chi connectivity index (χ4n) is 3.35. The van der Waals surface area contributed by atoms with Crippen LogP contribution in [0.5, 0.6) is 0 Å². The minimum atomic E-state index is -0.209. The summed E-state index contributed by atoms with van der Waals surface area (Å²) in [5, 5.41) is 8.91. The van der Waals surface area contributed by atoms with Crippen molar-refractivity contribution in [1.82, 2.24) is 15.5 Å². The van der Waals surface area contributed by atoms with Gasteiger partial charge < -0.3 is 20.7 Å². The van der Waals surface area contributed by atoms with Gasteiger partial charge in [-0.25, -0.2) is 4.79 Å². The molecule has 1 atom stereocenters. The molecule has 3 amide bonds. The molecule has 7 heteroatoms. The Morgan fingerprint density at radius 2 is 1.68 bits per heavy atom. The summed E-state index contributed by atoms with van der Waals surface area (Å²) in [5.41, 5.74) is 2.79. The molecule has 0 saturated carbocycles. The number of hydrogen-bond donors (Lipinski definition) is 3. The number of carbonyl (C=O) groups is 2. The minimum absolute atomic E-state index is 0.0162. The number of urea groups is 1. The first-order valence-electron chi connectivity index (χ1n) is 10.8. The molecule has 0 bridgehead atoms. The maximum Gasteiger partial charge on any atom is 0.315 e. The van der Waals surface area contributed by atoms with Gasteiger partial charge in [-0.2, -0.15) is 0 Å². The molecular formula is C24H32N4O3. The van der Waals surface area contributed by atoms with E-state index in [1.165, 1.54) is 0 Å². The van der Waals surface area contributed by atoms with E-state index in [9.17, 15) is 9.59 Å². The molecule has 1 aliphatic rings. The van der Waals surface area contributed by atoms with Gasteiger partial charge in [-0.3, -0.25) is 9.69 Å². The number of rotatable bonds is 8. The molecule has 2 aromatic carbocycles. The van der Waals surface area contributed by atoms with Crippen LogP contribution in [0.15, 0.2) is 54.6 Å². The molecule has 3 N–H and O–H groups in total. The van der Waals surface area contributed by atoms with Crippen molar-refractivity contribution < 1.29 is 14.3 Å². The monoisotopic (exact) mass is 424 g/mol. The number of nitrogens with one attached hydrogen (secondary N) is 3. The lowest BCUT2D eigenvalue weighted by Gasteiger charge is -2.31. The summed E-state index contributed by atoms with van der Waals surface area (Å²) < 4.78 is 5.43. The number of ether oxygens (including phenoxy) is 1. The number of amides is 3. The van der Waals surface area contributed by atoms with E-state index < -0.39 is 0 Å². The molecule has 0 aliphatic carbocycles. The van der Waals surface area contributed by atoms with Crippen LogP contribution >= 0.6 is 0 Å². The van der Waals surface area contributed by atoms with Crippen molar-refractivity contribution in [3.8, 4) is 0 Å². The van der Waals surface area contributed by atoms with Gasteiger partial charge in [-0.15, -0.1) is 0 Å². The number of benzene rings is 2. The predicted octanol–water partition coefficient (Wildman–Crippen LogP) is 3.15. The molecule has 7 nitrogen and oxygen atoms in total. The van der Waals surface area contributed by atoms with Gasteiger partial charge in [-0.05, 0) is 23.3 Å². The van der Waals surface area contributed by atoms with Gasteiger partial charge in [0.25, 0.3) is 0 Å². The van der Waals surface area contributed by atoms with Gasteiger partial charge >= 0.3 is 6.03 Å². The molecule has 0 aromatic heterocycles. The van der Waals surface area contributed by atoms with Crippen LogP contribution in [0.3, 0.4) is 0 Å². The Morgan fingerprint density at radius 1 is 1.00 bits per heavy atom. The molecule has 3 rings (SSSR count). The van der Waals surface area contributed by atoms with E-state index in [0.717, 1.165) is 49.7 Å². The van der Waals surface area contributed by atoms with Crippen LogP contribution in [0.2, 0.25) is 0 Å². The third-order valence-electron chi connectivity index (χ3n) is 5.25. The largest absolute Gasteiger partial charge is 0.379 e. The molecule has 0 radical (unpaired) electrons. The van der Waals surface area contributed by atoms with Crippen LogP contribution < -0.4 is 16.0 Å². The van der Waals surface area contributed by atoms with Gasteiger partial charge in [0, 0.05) is 37.8 Å². The van der Waals surface area contributed by atoms with Crippen LogP contribution in [0, 0.1) is 5.92 Å². The topological polar surface area (TPSA) is 82.7 Å². The Kier molecular flexibility index (Phi) is 8.44. The van der Waals surface area contributed by atoms with Crippen LogP contribution in [-0.2, 0) is 16.1 Å². The standard InChI is InChI=1S/C24H32N4O3/c1-18(2)23(29)26-21-10-8-19(9-11-21)16-25-24(30)27-22(20-6-4-3-5-7-20)17-28-12-14-31-15-13-28/h3-11,18,22H,12-17H2,1-2H3,(H,26,29)(H2,25,27,30). The molecule has 1 aliphatic heterocycles. The SMILES string of the molecule is CC(C)C(=O)Nc1ccc(CNC(=O)NC(CN2CCOCC2)c2ccccc2)cc1. The van der Waals surface area contributed by atoms with Crippen LogP contribution in [0.4, 0.5) is 10.5 Å². The summed E-state index contributed by atoms with van der Waals surface area (Å²) in [6, 6.07) is 17.2. The zero-order valence-electron chi connectivity index (χ0n) is 18.3. The van der Waals surface area contributed by atoms with Crippen molar-refractivity contribution in [2.45, 2.75) is 26.4 Å². The summed E-state index contributed by atoms with van der Waals surface area (Å²) >= 11 is 0. The second-order valence-corrected chi connectivity index (χ2v) is 8.04. The Hall–Kier alpha value is -2.90. The average molecular weight is 425 g/mol. The average Bonchev–Trinajstić information content (AvgIpc) is 2.79. The van der Waals surface area contributed by atoms with Crippen molar-refractivity contribution in [2.24, 2.45) is 5.92 Å². The highest BCUT2D eigenvalue weighted by Gasteiger charge is 2.20. The number of anilines is 1. The van der Waals surface area contributed by atoms with Crippen molar-refractivity contribution >= 4 is 17.6 Å². The summed E-state index contributed by atoms with van der Waals surface area (Å²) in [6.45, 7) is 8.04. The van der Waals surface area contributed by atoms with E-state index in [4.69, 9.17) is 4.74 Å². The van der Waals surface area contributed by atoms with E-state index in [-0.39, 0.29) is 23.9 Å². The number of carbonyl (C=O) groups excluding carboxylic acids is 2. The Balaban J connectivity index is 1.53. The molecule has 1 fully saturated rings. The maximum absolute atomic E-state index is 12.6. The molecule has 31 heavy (non-hydrogen) atoms. The fourth-order valence-corrected chi connectivity index (χ4v) is 3.35. The highest BCUT2D eigenvalue weighted by atomic mass is 16.5. The Bertz CT molecular complexity index is 834. The first-order chi connectivity index (χ1) is 15.0. The molecule has 0 spiro atoms. The third-order valence-corrected chi connectivity index (χ3v) is 5.25. The lowest BCUT2D eigenvalue weighted by molar-refractivity contribution is -0.118. The zero-order chi connectivity index (χ0) is 22.1. The number of nitrogens with zero attached hydrogens (tertiary/aromatic N) is 1. The van der Waals surface area contributed by atoms with Gasteiger partial charge in [0.15, 0.2) is 0 Å². The van der Waals surface area contributed by atoms with Crippen LogP contribution in [0.1, 0.15) is 31.0 Å². The normalized spacial score (nSPS) is 15.3. The summed E-state index contributed by atoms with van der Waals surface area (Å²) in [6.07, 6.45) is 0. The van der Waals surface area contributed by atoms with E-state index in [2.05, 4.69) is 20.9 Å². The Morgan fingerprint density at radius 3 is 2.32 bits per heavy atom. The number of morpholine rings is 1. The van der Waals surface area contributed by atoms with E-state index in [1.807, 2.05) is 68.4 Å². The third kappa shape index (κ3) is 7.38. The molecular weight excluding hydrogens is 392 g/mol. The highest BCUT2D eigenvalue weighted by molar-refractivity contribution is 5.92. The fraction of sp³-hybridized carbons (Fsp3) is 0.417. The second-order valence-electron chi connectivity index (χ2n) is 8.04. The first-order valence-corrected chi connectivity index (χ1v) is 10.8. The van der Waals surface area contributed by atoms with Crippen molar-refractivity contribution in [3.63, 3.8) is 0 Å². The summed E-state index contributed by atoms with van der Waals surface area (Å²) in [4.78, 5) is 26.7. The lowest BCUT2D eigenvalue weighted by Crippen LogP contribution is -2.45. The second kappa shape index (κ2) is 11.5. The van der Waals surface area contributed by atoms with Crippen molar-refractivity contribution in [2.75, 3.05) is 38.2 Å². The molecule has 2 aromatic rings. The molecule has 1 heterocycles. The highest BCUT2D eigenvalue weighted by Crippen LogP contribution is 2.15.